The molecule has 0 rings (SSSR count). The maximum Gasteiger partial charge on any atom is 0.245 e. The number of carbonyl (C=O) groups is 1. The lowest BCUT2D eigenvalue weighted by Crippen LogP contribution is -2.26. The molecule has 0 unspecified atom stereocenters. The van der Waals surface area contributed by atoms with Crippen molar-refractivity contribution in [1.29, 1.82) is 0 Å². The van der Waals surface area contributed by atoms with E-state index >= 15 is 0 Å². The van der Waals surface area contributed by atoms with Gasteiger partial charge in [0.05, 0.1) is 0 Å². The van der Waals surface area contributed by atoms with Gasteiger partial charge in [-0.2, -0.15) is 0 Å². The molecule has 0 saturated carbocycles. The van der Waals surface area contributed by atoms with Crippen molar-refractivity contribution in [3.8, 4) is 0 Å². The van der Waals surface area contributed by atoms with Gasteiger partial charge in [-0.05, 0) is 13.3 Å². The number of unbranched alkanes of at least 4 members (excludes halogenated alkanes) is 12. The van der Waals surface area contributed by atoms with Crippen molar-refractivity contribution in [1.82, 2.24) is 5.06 Å². The molecule has 0 bridgehead atoms. The third-order valence-electron chi connectivity index (χ3n) is 4.08. The molecule has 0 aromatic carbocycles. The van der Waals surface area contributed by atoms with E-state index in [4.69, 9.17) is 0 Å². The van der Waals surface area contributed by atoms with Crippen LogP contribution in [0.4, 0.5) is 0 Å². The highest BCUT2D eigenvalue weighted by Crippen LogP contribution is 2.13. The quantitative estimate of drug-likeness (QED) is 0.239. The Morgan fingerprint density at radius 3 is 1.48 bits per heavy atom. The highest BCUT2D eigenvalue weighted by molar-refractivity contribution is 5.74. The largest absolute Gasteiger partial charge is 0.286 e. The fraction of sp³-hybridized carbons (Fsp3) is 0.944. The van der Waals surface area contributed by atoms with Crippen LogP contribution in [0.15, 0.2) is 0 Å². The van der Waals surface area contributed by atoms with Crippen molar-refractivity contribution in [3.63, 3.8) is 0 Å². The van der Waals surface area contributed by atoms with E-state index in [1.807, 2.05) is 0 Å². The van der Waals surface area contributed by atoms with Crippen LogP contribution >= 0.6 is 0 Å². The molecule has 0 aliphatic carbocycles. The van der Waals surface area contributed by atoms with Gasteiger partial charge in [-0.15, -0.1) is 0 Å². The molecule has 1 N–H and O–H groups in total. The van der Waals surface area contributed by atoms with Crippen molar-refractivity contribution in [3.05, 3.63) is 0 Å². The zero-order valence-corrected chi connectivity index (χ0v) is 14.4. The van der Waals surface area contributed by atoms with Gasteiger partial charge in [-0.3, -0.25) is 10.0 Å². The first-order valence-corrected chi connectivity index (χ1v) is 9.21. The molecule has 0 aliphatic rings. The Morgan fingerprint density at radius 2 is 1.10 bits per heavy atom. The SMILES string of the molecule is CCCCCCCCCCCCCCCC(=O)N(O)CC. The van der Waals surface area contributed by atoms with Crippen molar-refractivity contribution in [2.75, 3.05) is 6.54 Å². The van der Waals surface area contributed by atoms with Crippen LogP contribution in [0.1, 0.15) is 104 Å². The number of hydrogen-bond donors (Lipinski definition) is 1. The lowest BCUT2D eigenvalue weighted by molar-refractivity contribution is -0.164. The molecule has 0 aromatic rings. The Hall–Kier alpha value is -0.570. The van der Waals surface area contributed by atoms with E-state index in [1.54, 1.807) is 6.92 Å². The molecule has 0 spiro atoms. The van der Waals surface area contributed by atoms with Gasteiger partial charge < -0.3 is 0 Å². The maximum atomic E-state index is 11.4. The van der Waals surface area contributed by atoms with Crippen LogP contribution in [0.3, 0.4) is 0 Å². The van der Waals surface area contributed by atoms with Crippen LogP contribution in [0.5, 0.6) is 0 Å². The van der Waals surface area contributed by atoms with Crippen LogP contribution < -0.4 is 0 Å². The van der Waals surface area contributed by atoms with Crippen LogP contribution in [-0.4, -0.2) is 22.7 Å². The summed E-state index contributed by atoms with van der Waals surface area (Å²) >= 11 is 0. The maximum absolute atomic E-state index is 11.4. The first-order valence-electron chi connectivity index (χ1n) is 9.21. The van der Waals surface area contributed by atoms with Gasteiger partial charge in [-0.25, -0.2) is 5.06 Å². The van der Waals surface area contributed by atoms with Gasteiger partial charge in [0.15, 0.2) is 0 Å². The highest BCUT2D eigenvalue weighted by atomic mass is 16.5. The molecule has 126 valence electrons. The van der Waals surface area contributed by atoms with Gasteiger partial charge in [0, 0.05) is 13.0 Å². The summed E-state index contributed by atoms with van der Waals surface area (Å²) in [6.45, 7) is 4.43. The number of carbonyl (C=O) groups excluding carboxylic acids is 1. The second kappa shape index (κ2) is 15.8. The third-order valence-corrected chi connectivity index (χ3v) is 4.08. The molecule has 3 nitrogen and oxygen atoms in total. The second-order valence-electron chi connectivity index (χ2n) is 6.10. The normalized spacial score (nSPS) is 10.8. The lowest BCUT2D eigenvalue weighted by atomic mass is 10.0. The highest BCUT2D eigenvalue weighted by Gasteiger charge is 2.06. The van der Waals surface area contributed by atoms with Crippen molar-refractivity contribution >= 4 is 5.91 Å². The molecule has 3 heteroatoms. The summed E-state index contributed by atoms with van der Waals surface area (Å²) in [6, 6.07) is 0. The Labute approximate surface area is 132 Å². The van der Waals surface area contributed by atoms with Crippen LogP contribution in [-0.2, 0) is 4.79 Å². The first-order chi connectivity index (χ1) is 10.2. The minimum Gasteiger partial charge on any atom is -0.286 e. The van der Waals surface area contributed by atoms with E-state index in [2.05, 4.69) is 6.92 Å². The Kier molecular flexibility index (Phi) is 15.4. The summed E-state index contributed by atoms with van der Waals surface area (Å²) < 4.78 is 0. The molecule has 0 atom stereocenters. The molecule has 0 radical (unpaired) electrons. The molecule has 0 heterocycles. The summed E-state index contributed by atoms with van der Waals surface area (Å²) in [5, 5.41) is 10.0. The number of hydrogen-bond acceptors (Lipinski definition) is 2. The molecule has 0 saturated heterocycles. The Balaban J connectivity index is 3.11. The second-order valence-corrected chi connectivity index (χ2v) is 6.10. The average molecular weight is 299 g/mol. The molecule has 0 aliphatic heterocycles. The number of hydroxylamine groups is 2. The predicted octanol–water partition coefficient (Wildman–Crippen LogP) is 5.71. The van der Waals surface area contributed by atoms with Gasteiger partial charge in [0.1, 0.15) is 0 Å². The monoisotopic (exact) mass is 299 g/mol. The van der Waals surface area contributed by atoms with E-state index in [9.17, 15) is 10.0 Å². The smallest absolute Gasteiger partial charge is 0.245 e. The van der Waals surface area contributed by atoms with E-state index in [0.29, 0.717) is 13.0 Å². The predicted molar refractivity (Wildman–Crippen MR) is 89.5 cm³/mol. The zero-order chi connectivity index (χ0) is 15.8. The molecular formula is C18H37NO2. The molecule has 21 heavy (non-hydrogen) atoms. The van der Waals surface area contributed by atoms with Gasteiger partial charge in [0.2, 0.25) is 5.91 Å². The minimum absolute atomic E-state index is 0.138. The standard InChI is InChI=1S/C18H37NO2/c1-3-5-6-7-8-9-10-11-12-13-14-15-16-17-18(20)19(21)4-2/h21H,3-17H2,1-2H3. The lowest BCUT2D eigenvalue weighted by Gasteiger charge is -2.11. The molecule has 0 fully saturated rings. The summed E-state index contributed by atoms with van der Waals surface area (Å²) in [7, 11) is 0. The molecular weight excluding hydrogens is 262 g/mol. The topological polar surface area (TPSA) is 40.5 Å². The van der Waals surface area contributed by atoms with Crippen LogP contribution in [0.2, 0.25) is 0 Å². The number of nitrogens with zero attached hydrogens (tertiary/aromatic N) is 1. The summed E-state index contributed by atoms with van der Waals surface area (Å²) in [4.78, 5) is 11.4. The molecule has 0 aromatic heterocycles. The molecule has 1 amide bonds. The number of rotatable bonds is 15. The van der Waals surface area contributed by atoms with E-state index in [1.165, 1.54) is 70.6 Å². The number of amides is 1. The summed E-state index contributed by atoms with van der Waals surface area (Å²) in [5.74, 6) is -0.138. The van der Waals surface area contributed by atoms with Gasteiger partial charge >= 0.3 is 0 Å². The summed E-state index contributed by atoms with van der Waals surface area (Å²) in [5.41, 5.74) is 0. The Morgan fingerprint density at radius 1 is 0.714 bits per heavy atom. The fourth-order valence-electron chi connectivity index (χ4n) is 2.60. The average Bonchev–Trinajstić information content (AvgIpc) is 2.50. The summed E-state index contributed by atoms with van der Waals surface area (Å²) in [6.07, 6.45) is 17.5. The van der Waals surface area contributed by atoms with Crippen LogP contribution in [0, 0.1) is 0 Å². The van der Waals surface area contributed by atoms with E-state index < -0.39 is 0 Å². The van der Waals surface area contributed by atoms with E-state index in [-0.39, 0.29) is 5.91 Å². The van der Waals surface area contributed by atoms with Gasteiger partial charge in [-0.1, -0.05) is 84.0 Å². The van der Waals surface area contributed by atoms with Crippen molar-refractivity contribution in [2.24, 2.45) is 0 Å². The van der Waals surface area contributed by atoms with Crippen molar-refractivity contribution in [2.45, 2.75) is 104 Å². The fourth-order valence-corrected chi connectivity index (χ4v) is 2.60. The first kappa shape index (κ1) is 20.4. The Bertz CT molecular complexity index is 231. The van der Waals surface area contributed by atoms with Crippen LogP contribution in [0.25, 0.3) is 0 Å². The van der Waals surface area contributed by atoms with Gasteiger partial charge in [0.25, 0.3) is 0 Å². The van der Waals surface area contributed by atoms with E-state index in [0.717, 1.165) is 17.9 Å². The zero-order valence-electron chi connectivity index (χ0n) is 14.4. The third kappa shape index (κ3) is 14.1. The minimum atomic E-state index is -0.138. The van der Waals surface area contributed by atoms with Crippen molar-refractivity contribution < 1.29 is 10.0 Å².